The molecule has 2 aromatic rings. The van der Waals surface area contributed by atoms with E-state index in [1.54, 1.807) is 18.2 Å². The minimum Gasteiger partial charge on any atom is -0.347 e. The maximum atomic E-state index is 13.0. The minimum atomic E-state index is -0.311. The van der Waals surface area contributed by atoms with Crippen molar-refractivity contribution in [3.05, 3.63) is 65.7 Å². The van der Waals surface area contributed by atoms with Crippen molar-refractivity contribution in [1.82, 2.24) is 10.2 Å². The molecule has 5 heteroatoms. The molecule has 3 amide bonds. The second-order valence-corrected chi connectivity index (χ2v) is 8.75. The average molecular weight is 394 g/mol. The van der Waals surface area contributed by atoms with E-state index < -0.39 is 0 Å². The van der Waals surface area contributed by atoms with Crippen molar-refractivity contribution in [1.29, 1.82) is 0 Å². The van der Waals surface area contributed by atoms with E-state index in [1.165, 1.54) is 5.56 Å². The Balaban J connectivity index is 1.68. The van der Waals surface area contributed by atoms with Crippen LogP contribution >= 0.6 is 0 Å². The second-order valence-electron chi connectivity index (χ2n) is 8.75. The summed E-state index contributed by atoms with van der Waals surface area (Å²) in [4.78, 5) is 27.4. The van der Waals surface area contributed by atoms with Gasteiger partial charge in [-0.05, 0) is 70.2 Å². The Bertz CT molecular complexity index is 843. The number of benzene rings is 2. The third kappa shape index (κ3) is 6.08. The Kier molecular flexibility index (Phi) is 6.57. The molecule has 1 atom stereocenters. The van der Waals surface area contributed by atoms with E-state index in [9.17, 15) is 9.59 Å². The molecule has 5 nitrogen and oxygen atoms in total. The molecule has 1 aliphatic rings. The van der Waals surface area contributed by atoms with Gasteiger partial charge in [0.2, 0.25) is 0 Å². The summed E-state index contributed by atoms with van der Waals surface area (Å²) in [6, 6.07) is 17.5. The zero-order chi connectivity index (χ0) is 20.9. The lowest BCUT2D eigenvalue weighted by Crippen LogP contribution is -2.47. The first kappa shape index (κ1) is 20.9. The van der Waals surface area contributed by atoms with Gasteiger partial charge in [-0.2, -0.15) is 0 Å². The number of carbonyl (C=O) groups excluding carboxylic acids is 2. The summed E-state index contributed by atoms with van der Waals surface area (Å²) in [5.74, 6) is -0.145. The molecule has 154 valence electrons. The van der Waals surface area contributed by atoms with Crippen molar-refractivity contribution in [2.45, 2.75) is 58.0 Å². The first-order chi connectivity index (χ1) is 13.8. The van der Waals surface area contributed by atoms with E-state index >= 15 is 0 Å². The molecule has 0 saturated carbocycles. The van der Waals surface area contributed by atoms with E-state index in [-0.39, 0.29) is 23.5 Å². The first-order valence-electron chi connectivity index (χ1n) is 10.4. The zero-order valence-electron chi connectivity index (χ0n) is 17.6. The fourth-order valence-electron chi connectivity index (χ4n) is 3.71. The van der Waals surface area contributed by atoms with Crippen molar-refractivity contribution in [2.75, 3.05) is 11.9 Å². The number of likely N-dealkylation sites (tertiary alicyclic amines) is 1. The lowest BCUT2D eigenvalue weighted by atomic mass is 9.96. The van der Waals surface area contributed by atoms with Crippen molar-refractivity contribution in [2.24, 2.45) is 0 Å². The number of nitrogens with zero attached hydrogens (tertiary/aromatic N) is 1. The first-order valence-corrected chi connectivity index (χ1v) is 10.4. The fourth-order valence-corrected chi connectivity index (χ4v) is 3.71. The van der Waals surface area contributed by atoms with Crippen LogP contribution in [0, 0.1) is 0 Å². The van der Waals surface area contributed by atoms with Gasteiger partial charge in [-0.1, -0.05) is 36.4 Å². The van der Waals surface area contributed by atoms with Crippen molar-refractivity contribution < 1.29 is 9.59 Å². The molecule has 0 spiro atoms. The van der Waals surface area contributed by atoms with Crippen LogP contribution in [0.4, 0.5) is 10.5 Å². The predicted molar refractivity (Wildman–Crippen MR) is 117 cm³/mol. The van der Waals surface area contributed by atoms with Gasteiger partial charge in [-0.3, -0.25) is 4.79 Å². The number of rotatable bonds is 4. The van der Waals surface area contributed by atoms with Gasteiger partial charge in [0.1, 0.15) is 0 Å². The van der Waals surface area contributed by atoms with E-state index in [0.717, 1.165) is 32.2 Å². The largest absolute Gasteiger partial charge is 0.347 e. The van der Waals surface area contributed by atoms with Crippen LogP contribution in [0.2, 0.25) is 0 Å². The molecule has 29 heavy (non-hydrogen) atoms. The number of amides is 3. The molecule has 0 bridgehead atoms. The van der Waals surface area contributed by atoms with Gasteiger partial charge in [0, 0.05) is 29.4 Å². The molecule has 0 aromatic heterocycles. The zero-order valence-corrected chi connectivity index (χ0v) is 17.6. The molecule has 1 fully saturated rings. The van der Waals surface area contributed by atoms with E-state index in [1.807, 2.05) is 49.9 Å². The van der Waals surface area contributed by atoms with Crippen LogP contribution in [0.3, 0.4) is 0 Å². The molecule has 1 unspecified atom stereocenters. The number of urea groups is 1. The molecular weight excluding hydrogens is 362 g/mol. The third-order valence-electron chi connectivity index (χ3n) is 5.07. The fraction of sp³-hybridized carbons (Fsp3) is 0.417. The lowest BCUT2D eigenvalue weighted by molar-refractivity contribution is 0.0919. The second kappa shape index (κ2) is 9.12. The maximum Gasteiger partial charge on any atom is 0.322 e. The molecule has 3 rings (SSSR count). The van der Waals surface area contributed by atoms with Gasteiger partial charge in [-0.25, -0.2) is 4.79 Å². The molecular formula is C24H31N3O2. The Morgan fingerprint density at radius 1 is 1.03 bits per heavy atom. The number of nitrogens with one attached hydrogen (secondary N) is 2. The van der Waals surface area contributed by atoms with E-state index in [0.29, 0.717) is 11.3 Å². The van der Waals surface area contributed by atoms with Gasteiger partial charge in [0.15, 0.2) is 0 Å². The van der Waals surface area contributed by atoms with Crippen LogP contribution < -0.4 is 10.6 Å². The molecule has 2 N–H and O–H groups in total. The van der Waals surface area contributed by atoms with Crippen LogP contribution in [-0.4, -0.2) is 35.0 Å². The van der Waals surface area contributed by atoms with Crippen LogP contribution in [-0.2, 0) is 6.42 Å². The van der Waals surface area contributed by atoms with Gasteiger partial charge in [0.25, 0.3) is 5.91 Å². The number of carbonyl (C=O) groups is 2. The van der Waals surface area contributed by atoms with Crippen LogP contribution in [0.5, 0.6) is 0 Å². The van der Waals surface area contributed by atoms with Crippen LogP contribution in [0.1, 0.15) is 56.0 Å². The highest BCUT2D eigenvalue weighted by Crippen LogP contribution is 2.22. The highest BCUT2D eigenvalue weighted by atomic mass is 16.2. The summed E-state index contributed by atoms with van der Waals surface area (Å²) in [5, 5.41) is 5.94. The summed E-state index contributed by atoms with van der Waals surface area (Å²) < 4.78 is 0. The van der Waals surface area contributed by atoms with Crippen molar-refractivity contribution >= 4 is 17.6 Å². The maximum absolute atomic E-state index is 13.0. The molecule has 0 aliphatic carbocycles. The number of hydrogen-bond donors (Lipinski definition) is 2. The molecule has 1 saturated heterocycles. The number of piperidine rings is 1. The normalized spacial score (nSPS) is 16.9. The SMILES string of the molecule is CC(C)(C)NC(=O)c1cccc(NC(=O)N2CCCCC2Cc2ccccc2)c1. The topological polar surface area (TPSA) is 61.4 Å². The average Bonchev–Trinajstić information content (AvgIpc) is 2.68. The molecule has 1 aliphatic heterocycles. The molecule has 0 radical (unpaired) electrons. The van der Waals surface area contributed by atoms with Gasteiger partial charge >= 0.3 is 6.03 Å². The van der Waals surface area contributed by atoms with Crippen molar-refractivity contribution in [3.63, 3.8) is 0 Å². The van der Waals surface area contributed by atoms with Crippen LogP contribution in [0.25, 0.3) is 0 Å². The standard InChI is InChI=1S/C24H31N3O2/c1-24(2,3)26-22(28)19-12-9-13-20(17-19)25-23(29)27-15-8-7-14-21(27)16-18-10-5-4-6-11-18/h4-6,9-13,17,21H,7-8,14-16H2,1-3H3,(H,25,29)(H,26,28). The molecule has 2 aromatic carbocycles. The Labute approximate surface area is 173 Å². The summed E-state index contributed by atoms with van der Waals surface area (Å²) in [5.41, 5.74) is 2.12. The minimum absolute atomic E-state index is 0.0981. The summed E-state index contributed by atoms with van der Waals surface area (Å²) in [7, 11) is 0. The Morgan fingerprint density at radius 2 is 1.79 bits per heavy atom. The summed E-state index contributed by atoms with van der Waals surface area (Å²) in [6.07, 6.45) is 4.04. The van der Waals surface area contributed by atoms with E-state index in [2.05, 4.69) is 22.8 Å². The quantitative estimate of drug-likeness (QED) is 0.780. The van der Waals surface area contributed by atoms with Crippen LogP contribution in [0.15, 0.2) is 54.6 Å². The predicted octanol–water partition coefficient (Wildman–Crippen LogP) is 4.84. The summed E-state index contributed by atoms with van der Waals surface area (Å²) in [6.45, 7) is 6.59. The number of hydrogen-bond acceptors (Lipinski definition) is 2. The lowest BCUT2D eigenvalue weighted by Gasteiger charge is -2.36. The number of anilines is 1. The van der Waals surface area contributed by atoms with Gasteiger partial charge in [0.05, 0.1) is 0 Å². The summed E-state index contributed by atoms with van der Waals surface area (Å²) >= 11 is 0. The van der Waals surface area contributed by atoms with Gasteiger partial charge in [-0.15, -0.1) is 0 Å². The Hall–Kier alpha value is -2.82. The monoisotopic (exact) mass is 393 g/mol. The van der Waals surface area contributed by atoms with Crippen molar-refractivity contribution in [3.8, 4) is 0 Å². The highest BCUT2D eigenvalue weighted by Gasteiger charge is 2.27. The highest BCUT2D eigenvalue weighted by molar-refractivity contribution is 5.97. The Morgan fingerprint density at radius 3 is 2.52 bits per heavy atom. The third-order valence-corrected chi connectivity index (χ3v) is 5.07. The smallest absolute Gasteiger partial charge is 0.322 e. The van der Waals surface area contributed by atoms with Gasteiger partial charge < -0.3 is 15.5 Å². The van der Waals surface area contributed by atoms with E-state index in [4.69, 9.17) is 0 Å². The molecule has 1 heterocycles.